The Kier molecular flexibility index (Phi) is 8.50. The molecule has 0 fully saturated rings. The smallest absolute Gasteiger partial charge is 0.492 e. The summed E-state index contributed by atoms with van der Waals surface area (Å²) in [4.78, 5) is 11.6. The van der Waals surface area contributed by atoms with E-state index < -0.39 is 0 Å². The van der Waals surface area contributed by atoms with Crippen LogP contribution in [-0.2, 0) is 30.9 Å². The summed E-state index contributed by atoms with van der Waals surface area (Å²) < 4.78 is 0. The molecule has 3 heterocycles. The van der Waals surface area contributed by atoms with Gasteiger partial charge in [-0.05, 0) is 60.7 Å². The van der Waals surface area contributed by atoms with Crippen molar-refractivity contribution in [2.45, 2.75) is 75.0 Å². The number of fused-ring (bicyclic) bond motifs is 3. The molecule has 228 valence electrons. The number of aromatic nitrogens is 1. The largest absolute Gasteiger partial charge is 3.00 e. The summed E-state index contributed by atoms with van der Waals surface area (Å²) in [5.41, 5.74) is 12.8. The fourth-order valence-electron chi connectivity index (χ4n) is 6.72. The third-order valence-electron chi connectivity index (χ3n) is 9.30. The number of hydrogen-bond acceptors (Lipinski definition) is 4. The summed E-state index contributed by atoms with van der Waals surface area (Å²) in [5.74, 6) is 0. The maximum Gasteiger partial charge on any atom is 3.00 e. The number of rotatable bonds is 2. The number of anilines is 4. The van der Waals surface area contributed by atoms with Gasteiger partial charge in [-0.2, -0.15) is 29.5 Å². The van der Waals surface area contributed by atoms with E-state index in [2.05, 4.69) is 118 Å². The first-order valence-corrected chi connectivity index (χ1v) is 16.3. The number of aryl methyl sites for hydroxylation is 2. The number of pyridine rings is 1. The average Bonchev–Trinajstić information content (AvgIpc) is 3.41. The van der Waals surface area contributed by atoms with Crippen LogP contribution < -0.4 is 9.80 Å². The minimum absolute atomic E-state index is 0. The van der Waals surface area contributed by atoms with Crippen molar-refractivity contribution < 1.29 is 20.1 Å². The molecule has 45 heavy (non-hydrogen) atoms. The van der Waals surface area contributed by atoms with Crippen LogP contribution in [0.2, 0.25) is 0 Å². The number of nitrogens with zero attached hydrogens (tertiary/aromatic N) is 3. The fraction of sp³-hybridized carbons (Fsp3) is 0.250. The molecule has 8 rings (SSSR count). The minimum atomic E-state index is 0. The Morgan fingerprint density at radius 1 is 0.778 bits per heavy atom. The topological polar surface area (TPSA) is 19.4 Å². The maximum atomic E-state index is 4.22. The molecule has 4 aromatic carbocycles. The zero-order chi connectivity index (χ0) is 30.6. The predicted octanol–water partition coefficient (Wildman–Crippen LogP) is 10.9. The van der Waals surface area contributed by atoms with Gasteiger partial charge >= 0.3 is 20.1 Å². The maximum absolute atomic E-state index is 4.22. The van der Waals surface area contributed by atoms with Gasteiger partial charge in [-0.1, -0.05) is 86.5 Å². The van der Waals surface area contributed by atoms with Crippen molar-refractivity contribution in [1.82, 2.24) is 4.98 Å². The summed E-state index contributed by atoms with van der Waals surface area (Å²) in [6, 6.07) is 36.5. The van der Waals surface area contributed by atoms with E-state index in [0.717, 1.165) is 11.3 Å². The Balaban J connectivity index is 0.000000231. The van der Waals surface area contributed by atoms with E-state index in [-0.39, 0.29) is 30.9 Å². The van der Waals surface area contributed by atoms with Crippen molar-refractivity contribution >= 4 is 34.5 Å². The Hall–Kier alpha value is -3.37. The fourth-order valence-corrected chi connectivity index (χ4v) is 7.83. The van der Waals surface area contributed by atoms with Gasteiger partial charge in [0.2, 0.25) is 0 Å². The normalized spacial score (nSPS) is 16.4. The van der Waals surface area contributed by atoms with Crippen LogP contribution >= 0.6 is 11.8 Å². The minimum Gasteiger partial charge on any atom is -0.492 e. The summed E-state index contributed by atoms with van der Waals surface area (Å²) in [6.45, 7) is 16.3. The van der Waals surface area contributed by atoms with Gasteiger partial charge in [0.05, 0.1) is 0 Å². The molecular weight excluding hydrogens is 747 g/mol. The predicted molar refractivity (Wildman–Crippen MR) is 184 cm³/mol. The van der Waals surface area contributed by atoms with Crippen LogP contribution in [0.3, 0.4) is 0 Å². The number of para-hydroxylation sites is 2. The van der Waals surface area contributed by atoms with Crippen LogP contribution in [0.15, 0.2) is 101 Å². The van der Waals surface area contributed by atoms with Crippen molar-refractivity contribution in [2.24, 2.45) is 0 Å². The van der Waals surface area contributed by atoms with Gasteiger partial charge in [0.15, 0.2) is 0 Å². The second kappa shape index (κ2) is 12.1. The molecule has 3 aliphatic rings. The standard InChI is InChI=1S/C29H30N2S.C11H8N.Ir/c1-18-9-7-10-19(2)26(18)30-17-31-23-15-20-21(29(5,6)14-13-28(20,3)4)16-25(23)32-24-12-8-11-22(30)27(24)31;1-2-6-10(7-3-1)11-8-4-5-9-12-11;/h7-12,16-17H,13-14H2,1-6H3;1-6,8-9H;/q-2;-1;+3. The van der Waals surface area contributed by atoms with E-state index in [1.165, 1.54) is 67.6 Å². The van der Waals surface area contributed by atoms with Crippen molar-refractivity contribution in [3.63, 3.8) is 0 Å². The Morgan fingerprint density at radius 3 is 2.22 bits per heavy atom. The van der Waals surface area contributed by atoms with Gasteiger partial charge in [0.1, 0.15) is 0 Å². The molecule has 2 aliphatic heterocycles. The van der Waals surface area contributed by atoms with Gasteiger partial charge in [0.25, 0.3) is 0 Å². The van der Waals surface area contributed by atoms with Crippen molar-refractivity contribution in [3.8, 4) is 11.3 Å². The van der Waals surface area contributed by atoms with E-state index >= 15 is 0 Å². The van der Waals surface area contributed by atoms with E-state index in [9.17, 15) is 0 Å². The van der Waals surface area contributed by atoms with Gasteiger partial charge in [0, 0.05) is 28.2 Å². The third kappa shape index (κ3) is 5.65. The molecule has 0 bridgehead atoms. The third-order valence-corrected chi connectivity index (χ3v) is 10.4. The molecule has 0 radical (unpaired) electrons. The Bertz CT molecular complexity index is 1790. The van der Waals surface area contributed by atoms with Gasteiger partial charge in [-0.3, -0.25) is 0 Å². The quantitative estimate of drug-likeness (QED) is 0.166. The van der Waals surface area contributed by atoms with Crippen molar-refractivity contribution in [2.75, 3.05) is 9.80 Å². The molecule has 5 aromatic rings. The molecular formula is C40H38IrN3S. The van der Waals surface area contributed by atoms with Crippen LogP contribution in [0.5, 0.6) is 0 Å². The molecule has 5 heteroatoms. The molecule has 0 atom stereocenters. The van der Waals surface area contributed by atoms with E-state index in [0.29, 0.717) is 0 Å². The summed E-state index contributed by atoms with van der Waals surface area (Å²) in [6.07, 6.45) is 4.22. The second-order valence-electron chi connectivity index (χ2n) is 13.4. The molecule has 0 saturated heterocycles. The van der Waals surface area contributed by atoms with Crippen LogP contribution in [0.25, 0.3) is 11.3 Å². The molecule has 0 amide bonds. The molecule has 1 aromatic heterocycles. The molecule has 3 nitrogen and oxygen atoms in total. The first kappa shape index (κ1) is 31.6. The van der Waals surface area contributed by atoms with Gasteiger partial charge in [-0.15, -0.1) is 48.1 Å². The van der Waals surface area contributed by atoms with Crippen LogP contribution in [0.1, 0.15) is 62.8 Å². The molecule has 0 N–H and O–H groups in total. The van der Waals surface area contributed by atoms with Crippen LogP contribution in [0.4, 0.5) is 22.7 Å². The van der Waals surface area contributed by atoms with Crippen LogP contribution in [0, 0.1) is 32.6 Å². The SMILES string of the molecule is Cc1cccc(C)c1N1[CH-]N2c3[c-]c4c(cc3Sc3cccc1c32)C(C)(C)CCC4(C)C.[Ir+3].[c-]1ccccc1-c1ccccn1. The zero-order valence-corrected chi connectivity index (χ0v) is 29.9. The molecule has 0 spiro atoms. The number of benzene rings is 4. The van der Waals surface area contributed by atoms with Gasteiger partial charge in [-0.25, -0.2) is 0 Å². The Morgan fingerprint density at radius 2 is 1.51 bits per heavy atom. The first-order valence-electron chi connectivity index (χ1n) is 15.4. The van der Waals surface area contributed by atoms with Crippen molar-refractivity contribution in [1.29, 1.82) is 0 Å². The zero-order valence-electron chi connectivity index (χ0n) is 26.7. The monoisotopic (exact) mass is 785 g/mol. The first-order chi connectivity index (χ1) is 21.1. The van der Waals surface area contributed by atoms with Crippen LogP contribution in [-0.4, -0.2) is 4.98 Å². The summed E-state index contributed by atoms with van der Waals surface area (Å²) in [7, 11) is 0. The molecule has 0 unspecified atom stereocenters. The van der Waals surface area contributed by atoms with E-state index in [1.54, 1.807) is 6.20 Å². The molecule has 0 saturated carbocycles. The molecule has 1 aliphatic carbocycles. The summed E-state index contributed by atoms with van der Waals surface area (Å²) in [5, 5.41) is 0. The van der Waals surface area contributed by atoms with Gasteiger partial charge < -0.3 is 14.8 Å². The summed E-state index contributed by atoms with van der Waals surface area (Å²) >= 11 is 1.90. The second-order valence-corrected chi connectivity index (χ2v) is 14.4. The van der Waals surface area contributed by atoms with Crippen molar-refractivity contribution in [3.05, 3.63) is 132 Å². The van der Waals surface area contributed by atoms with E-state index in [1.807, 2.05) is 54.2 Å². The Labute approximate surface area is 286 Å². The van der Waals surface area contributed by atoms with E-state index in [4.69, 9.17) is 0 Å². The average molecular weight is 785 g/mol. The number of hydrogen-bond donors (Lipinski definition) is 0.